The van der Waals surface area contributed by atoms with Crippen molar-refractivity contribution >= 4 is 34.9 Å². The second-order valence-electron chi connectivity index (χ2n) is 3.29. The number of hydrogen-bond donors (Lipinski definition) is 1. The van der Waals surface area contributed by atoms with Crippen LogP contribution in [0.4, 0.5) is 0 Å². The van der Waals surface area contributed by atoms with Crippen LogP contribution in [-0.2, 0) is 4.79 Å². The normalized spacial score (nSPS) is 11.1. The summed E-state index contributed by atoms with van der Waals surface area (Å²) in [6.45, 7) is 1.68. The third kappa shape index (κ3) is 4.50. The van der Waals surface area contributed by atoms with Crippen LogP contribution in [0.15, 0.2) is 33.7 Å². The molecule has 0 fully saturated rings. The third-order valence-corrected chi connectivity index (χ3v) is 3.50. The van der Waals surface area contributed by atoms with Crippen LogP contribution in [0, 0.1) is 0 Å². The van der Waals surface area contributed by atoms with Gasteiger partial charge in [-0.25, -0.2) is 0 Å². The van der Waals surface area contributed by atoms with Gasteiger partial charge in [0.2, 0.25) is 0 Å². The zero-order valence-electron chi connectivity index (χ0n) is 9.20. The first-order valence-corrected chi connectivity index (χ1v) is 6.76. The number of thiophene rings is 2. The monoisotopic (exact) mass is 268 g/mol. The van der Waals surface area contributed by atoms with Gasteiger partial charge in [-0.15, -0.1) is 0 Å². The van der Waals surface area contributed by atoms with Gasteiger partial charge in [-0.2, -0.15) is 22.7 Å². The van der Waals surface area contributed by atoms with E-state index in [1.54, 1.807) is 13.0 Å². The number of carbonyl (C=O) groups excluding carboxylic acids is 1. The van der Waals surface area contributed by atoms with Crippen LogP contribution in [-0.4, -0.2) is 17.4 Å². The number of aliphatic carboxylic acids is 1. The van der Waals surface area contributed by atoms with Gasteiger partial charge in [0, 0.05) is 10.9 Å². The number of aldehydes is 1. The van der Waals surface area contributed by atoms with E-state index >= 15 is 0 Å². The Morgan fingerprint density at radius 3 is 2.29 bits per heavy atom. The average molecular weight is 268 g/mol. The van der Waals surface area contributed by atoms with E-state index in [-0.39, 0.29) is 5.92 Å². The smallest absolute Gasteiger partial charge is 0.310 e. The summed E-state index contributed by atoms with van der Waals surface area (Å²) in [4.78, 5) is 20.3. The van der Waals surface area contributed by atoms with Gasteiger partial charge in [0.05, 0.1) is 5.92 Å². The lowest BCUT2D eigenvalue weighted by molar-refractivity contribution is -0.138. The van der Waals surface area contributed by atoms with Crippen molar-refractivity contribution in [2.24, 2.45) is 0 Å². The summed E-state index contributed by atoms with van der Waals surface area (Å²) in [6, 6.07) is 3.63. The standard InChI is InChI=1S/C7H8O2S.C5H4OS/c1-5(7(8)9)6-2-3-10-4-6;6-3-5-1-2-7-4-5/h2-5H,1H3,(H,8,9);1-4H. The lowest BCUT2D eigenvalue weighted by Crippen LogP contribution is -2.05. The summed E-state index contributed by atoms with van der Waals surface area (Å²) < 4.78 is 0. The fraction of sp³-hybridized carbons (Fsp3) is 0.167. The molecule has 5 heteroatoms. The largest absolute Gasteiger partial charge is 0.481 e. The van der Waals surface area contributed by atoms with Gasteiger partial charge in [-0.1, -0.05) is 0 Å². The molecule has 0 aliphatic heterocycles. The van der Waals surface area contributed by atoms with Crippen molar-refractivity contribution in [2.45, 2.75) is 12.8 Å². The van der Waals surface area contributed by atoms with Gasteiger partial charge in [-0.3, -0.25) is 9.59 Å². The lowest BCUT2D eigenvalue weighted by Gasteiger charge is -2.00. The predicted octanol–water partition coefficient (Wildman–Crippen LogP) is 3.50. The van der Waals surface area contributed by atoms with Crippen molar-refractivity contribution < 1.29 is 14.7 Å². The first kappa shape index (κ1) is 13.6. The van der Waals surface area contributed by atoms with Gasteiger partial charge < -0.3 is 5.11 Å². The molecule has 2 aromatic heterocycles. The van der Waals surface area contributed by atoms with Crippen molar-refractivity contribution in [1.29, 1.82) is 0 Å². The van der Waals surface area contributed by atoms with Crippen molar-refractivity contribution in [3.63, 3.8) is 0 Å². The minimum absolute atomic E-state index is 0.369. The van der Waals surface area contributed by atoms with E-state index in [0.29, 0.717) is 0 Å². The van der Waals surface area contributed by atoms with Gasteiger partial charge in [0.1, 0.15) is 0 Å². The molecule has 0 aromatic carbocycles. The Kier molecular flexibility index (Phi) is 5.59. The zero-order valence-corrected chi connectivity index (χ0v) is 10.8. The van der Waals surface area contributed by atoms with Crippen LogP contribution in [0.25, 0.3) is 0 Å². The van der Waals surface area contributed by atoms with Gasteiger partial charge in [0.25, 0.3) is 0 Å². The number of carboxylic acid groups (broad SMARTS) is 1. The molecule has 0 spiro atoms. The van der Waals surface area contributed by atoms with Crippen LogP contribution >= 0.6 is 22.7 Å². The summed E-state index contributed by atoms with van der Waals surface area (Å²) in [5, 5.41) is 16.0. The Morgan fingerprint density at radius 1 is 1.29 bits per heavy atom. The first-order valence-electron chi connectivity index (χ1n) is 4.87. The highest BCUT2D eigenvalue weighted by Gasteiger charge is 2.12. The van der Waals surface area contributed by atoms with Gasteiger partial charge in [-0.05, 0) is 40.8 Å². The highest BCUT2D eigenvalue weighted by molar-refractivity contribution is 7.08. The van der Waals surface area contributed by atoms with Crippen molar-refractivity contribution in [2.75, 3.05) is 0 Å². The Morgan fingerprint density at radius 2 is 1.94 bits per heavy atom. The fourth-order valence-electron chi connectivity index (χ4n) is 1.01. The van der Waals surface area contributed by atoms with E-state index in [1.807, 2.05) is 27.6 Å². The fourth-order valence-corrected chi connectivity index (χ4v) is 2.37. The molecule has 0 bridgehead atoms. The van der Waals surface area contributed by atoms with E-state index in [9.17, 15) is 9.59 Å². The topological polar surface area (TPSA) is 54.4 Å². The van der Waals surface area contributed by atoms with Gasteiger partial charge >= 0.3 is 5.97 Å². The van der Waals surface area contributed by atoms with Crippen molar-refractivity contribution in [1.82, 2.24) is 0 Å². The second kappa shape index (κ2) is 6.98. The van der Waals surface area contributed by atoms with Crippen LogP contribution in [0.1, 0.15) is 28.8 Å². The molecule has 2 heterocycles. The van der Waals surface area contributed by atoms with Crippen molar-refractivity contribution in [3.05, 3.63) is 44.8 Å². The maximum Gasteiger partial charge on any atom is 0.310 e. The Labute approximate surface area is 107 Å². The van der Waals surface area contributed by atoms with E-state index in [1.165, 1.54) is 22.7 Å². The maximum atomic E-state index is 10.4. The molecule has 0 amide bonds. The Balaban J connectivity index is 0.000000181. The number of carboxylic acids is 1. The molecular weight excluding hydrogens is 256 g/mol. The molecule has 2 aromatic rings. The zero-order chi connectivity index (χ0) is 12.7. The molecule has 1 atom stereocenters. The van der Waals surface area contributed by atoms with E-state index in [2.05, 4.69) is 0 Å². The van der Waals surface area contributed by atoms with Crippen LogP contribution in [0.5, 0.6) is 0 Å². The van der Waals surface area contributed by atoms with Crippen molar-refractivity contribution in [3.8, 4) is 0 Å². The second-order valence-corrected chi connectivity index (χ2v) is 4.85. The molecule has 0 radical (unpaired) electrons. The van der Waals surface area contributed by atoms with E-state index in [0.717, 1.165) is 17.4 Å². The molecule has 0 saturated heterocycles. The highest BCUT2D eigenvalue weighted by atomic mass is 32.1. The molecular formula is C12H12O3S2. The molecule has 0 saturated carbocycles. The molecule has 3 nitrogen and oxygen atoms in total. The average Bonchev–Trinajstić information content (AvgIpc) is 3.01. The van der Waals surface area contributed by atoms with Crippen LogP contribution < -0.4 is 0 Å². The van der Waals surface area contributed by atoms with Crippen LogP contribution in [0.2, 0.25) is 0 Å². The third-order valence-electron chi connectivity index (χ3n) is 2.09. The summed E-state index contributed by atoms with van der Waals surface area (Å²) >= 11 is 3.05. The molecule has 90 valence electrons. The Hall–Kier alpha value is -1.46. The number of rotatable bonds is 3. The predicted molar refractivity (Wildman–Crippen MR) is 70.1 cm³/mol. The number of hydrogen-bond acceptors (Lipinski definition) is 4. The molecule has 0 aliphatic carbocycles. The van der Waals surface area contributed by atoms with Crippen LogP contribution in [0.3, 0.4) is 0 Å². The highest BCUT2D eigenvalue weighted by Crippen LogP contribution is 2.17. The quantitative estimate of drug-likeness (QED) is 0.867. The summed E-state index contributed by atoms with van der Waals surface area (Å²) in [5.41, 5.74) is 1.66. The maximum absolute atomic E-state index is 10.4. The minimum atomic E-state index is -0.765. The summed E-state index contributed by atoms with van der Waals surface area (Å²) in [6.07, 6.45) is 0.844. The van der Waals surface area contributed by atoms with E-state index in [4.69, 9.17) is 5.11 Å². The number of carbonyl (C=O) groups is 2. The minimum Gasteiger partial charge on any atom is -0.481 e. The Bertz CT molecular complexity index is 446. The lowest BCUT2D eigenvalue weighted by atomic mass is 10.1. The summed E-state index contributed by atoms with van der Waals surface area (Å²) in [5.74, 6) is -1.13. The SMILES string of the molecule is CC(C(=O)O)c1ccsc1.O=Cc1ccsc1. The first-order chi connectivity index (χ1) is 8.15. The van der Waals surface area contributed by atoms with Gasteiger partial charge in [0.15, 0.2) is 6.29 Å². The molecule has 17 heavy (non-hydrogen) atoms. The summed E-state index contributed by atoms with van der Waals surface area (Å²) in [7, 11) is 0. The molecule has 1 N–H and O–H groups in total. The molecule has 1 unspecified atom stereocenters. The van der Waals surface area contributed by atoms with E-state index < -0.39 is 5.97 Å². The molecule has 0 aliphatic rings. The molecule has 2 rings (SSSR count).